The van der Waals surface area contributed by atoms with Gasteiger partial charge in [0.05, 0.1) is 11.2 Å². The summed E-state index contributed by atoms with van der Waals surface area (Å²) < 4.78 is 5.96. The van der Waals surface area contributed by atoms with E-state index >= 15 is 0 Å². The first-order chi connectivity index (χ1) is 14.6. The molecule has 1 aliphatic heterocycles. The second-order valence-electron chi connectivity index (χ2n) is 7.81. The van der Waals surface area contributed by atoms with E-state index in [2.05, 4.69) is 40.0 Å². The highest BCUT2D eigenvalue weighted by atomic mass is 16.5. The van der Waals surface area contributed by atoms with Crippen LogP contribution in [0, 0.1) is 0 Å². The molecule has 2 aromatic carbocycles. The van der Waals surface area contributed by atoms with Gasteiger partial charge in [0, 0.05) is 37.6 Å². The molecule has 1 aromatic heterocycles. The monoisotopic (exact) mass is 402 g/mol. The Kier molecular flexibility index (Phi) is 5.95. The maximum atomic E-state index is 12.6. The first-order valence-corrected chi connectivity index (χ1v) is 10.1. The van der Waals surface area contributed by atoms with Gasteiger partial charge < -0.3 is 20.7 Å². The molecule has 1 atom stereocenters. The van der Waals surface area contributed by atoms with Crippen LogP contribution >= 0.6 is 0 Å². The highest BCUT2D eigenvalue weighted by Gasteiger charge is 2.30. The number of ether oxygens (including phenoxy) is 1. The average Bonchev–Trinajstić information content (AvgIpc) is 2.78. The molecule has 0 saturated heterocycles. The van der Waals surface area contributed by atoms with E-state index in [1.807, 2.05) is 42.5 Å². The molecule has 0 radical (unpaired) electrons. The molecule has 0 spiro atoms. The topological polar surface area (TPSA) is 75.3 Å². The molecule has 0 bridgehead atoms. The summed E-state index contributed by atoms with van der Waals surface area (Å²) in [5.41, 5.74) is 3.41. The van der Waals surface area contributed by atoms with Crippen LogP contribution in [0.3, 0.4) is 0 Å². The van der Waals surface area contributed by atoms with Gasteiger partial charge in [-0.15, -0.1) is 0 Å². The number of aromatic nitrogens is 1. The number of amides is 1. The van der Waals surface area contributed by atoms with Crippen LogP contribution in [0.1, 0.15) is 28.4 Å². The number of fused-ring (bicyclic) bond motifs is 1. The number of anilines is 1. The Morgan fingerprint density at radius 2 is 1.83 bits per heavy atom. The maximum absolute atomic E-state index is 12.6. The van der Waals surface area contributed by atoms with E-state index in [-0.39, 0.29) is 11.4 Å². The lowest BCUT2D eigenvalue weighted by atomic mass is 10.00. The number of nitrogens with one attached hydrogen (secondary N) is 3. The van der Waals surface area contributed by atoms with Gasteiger partial charge in [0.15, 0.2) is 0 Å². The summed E-state index contributed by atoms with van der Waals surface area (Å²) in [6.45, 7) is 4.66. The molecule has 154 valence electrons. The summed E-state index contributed by atoms with van der Waals surface area (Å²) in [7, 11) is 0. The van der Waals surface area contributed by atoms with Crippen LogP contribution in [0.4, 0.5) is 5.69 Å². The molecule has 6 nitrogen and oxygen atoms in total. The molecule has 1 unspecified atom stereocenters. The Hall–Kier alpha value is -3.38. The number of nitrogens with zero attached hydrogens (tertiary/aromatic N) is 1. The van der Waals surface area contributed by atoms with Crippen molar-refractivity contribution >= 4 is 11.6 Å². The molecule has 3 aromatic rings. The van der Waals surface area contributed by atoms with Crippen molar-refractivity contribution < 1.29 is 9.53 Å². The Labute approximate surface area is 176 Å². The van der Waals surface area contributed by atoms with E-state index in [1.165, 1.54) is 5.56 Å². The van der Waals surface area contributed by atoms with Crippen molar-refractivity contribution in [1.82, 2.24) is 15.6 Å². The summed E-state index contributed by atoms with van der Waals surface area (Å²) >= 11 is 0. The standard InChI is InChI=1S/C24H26N4O2/c1-24(16-26-14-18-5-3-2-4-6-18)17-30-22-8-7-20(13-21(22)28-24)23(29)27-15-19-9-11-25-12-10-19/h2-13,26,28H,14-17H2,1H3,(H,27,29). The minimum absolute atomic E-state index is 0.120. The first kappa shape index (κ1) is 19.9. The minimum Gasteiger partial charge on any atom is -0.489 e. The number of carbonyl (C=O) groups is 1. The van der Waals surface area contributed by atoms with Crippen molar-refractivity contribution in [2.45, 2.75) is 25.6 Å². The first-order valence-electron chi connectivity index (χ1n) is 10.1. The lowest BCUT2D eigenvalue weighted by Gasteiger charge is -2.37. The van der Waals surface area contributed by atoms with Crippen LogP contribution in [-0.4, -0.2) is 29.6 Å². The van der Waals surface area contributed by atoms with Crippen molar-refractivity contribution in [2.75, 3.05) is 18.5 Å². The van der Waals surface area contributed by atoms with E-state index in [0.717, 1.165) is 30.1 Å². The van der Waals surface area contributed by atoms with Gasteiger partial charge in [0.1, 0.15) is 12.4 Å². The fourth-order valence-corrected chi connectivity index (χ4v) is 3.45. The van der Waals surface area contributed by atoms with Crippen molar-refractivity contribution in [1.29, 1.82) is 0 Å². The van der Waals surface area contributed by atoms with Gasteiger partial charge in [-0.3, -0.25) is 9.78 Å². The van der Waals surface area contributed by atoms with Crippen molar-refractivity contribution in [2.24, 2.45) is 0 Å². The summed E-state index contributed by atoms with van der Waals surface area (Å²) in [6.07, 6.45) is 3.43. The summed E-state index contributed by atoms with van der Waals surface area (Å²) in [5, 5.41) is 9.99. The lowest BCUT2D eigenvalue weighted by Crippen LogP contribution is -2.51. The van der Waals surface area contributed by atoms with E-state index in [1.54, 1.807) is 18.5 Å². The second kappa shape index (κ2) is 8.97. The highest BCUT2D eigenvalue weighted by Crippen LogP contribution is 2.33. The molecular formula is C24H26N4O2. The Morgan fingerprint density at radius 1 is 1.07 bits per heavy atom. The molecule has 3 N–H and O–H groups in total. The van der Waals surface area contributed by atoms with Crippen molar-refractivity contribution in [3.8, 4) is 5.75 Å². The zero-order valence-electron chi connectivity index (χ0n) is 17.0. The van der Waals surface area contributed by atoms with Gasteiger partial charge in [0.2, 0.25) is 0 Å². The number of pyridine rings is 1. The second-order valence-corrected chi connectivity index (χ2v) is 7.81. The minimum atomic E-state index is -0.270. The normalized spacial score (nSPS) is 17.4. The summed E-state index contributed by atoms with van der Waals surface area (Å²) in [5.74, 6) is 0.645. The molecule has 1 aliphatic rings. The van der Waals surface area contributed by atoms with Gasteiger partial charge in [-0.1, -0.05) is 30.3 Å². The quantitative estimate of drug-likeness (QED) is 0.565. The molecule has 30 heavy (non-hydrogen) atoms. The Morgan fingerprint density at radius 3 is 2.63 bits per heavy atom. The van der Waals surface area contributed by atoms with Crippen LogP contribution in [-0.2, 0) is 13.1 Å². The van der Waals surface area contributed by atoms with Crippen LogP contribution in [0.15, 0.2) is 73.1 Å². The number of carbonyl (C=O) groups excluding carboxylic acids is 1. The third kappa shape index (κ3) is 4.96. The fourth-order valence-electron chi connectivity index (χ4n) is 3.45. The van der Waals surface area contributed by atoms with E-state index in [0.29, 0.717) is 18.7 Å². The maximum Gasteiger partial charge on any atom is 0.251 e. The molecule has 4 rings (SSSR count). The molecule has 0 fully saturated rings. The smallest absolute Gasteiger partial charge is 0.251 e. The number of benzene rings is 2. The Balaban J connectivity index is 1.37. The van der Waals surface area contributed by atoms with Crippen molar-refractivity contribution in [3.05, 3.63) is 89.7 Å². The van der Waals surface area contributed by atoms with Crippen molar-refractivity contribution in [3.63, 3.8) is 0 Å². The van der Waals surface area contributed by atoms with Crippen LogP contribution in [0.25, 0.3) is 0 Å². The third-order valence-corrected chi connectivity index (χ3v) is 5.11. The fraction of sp³-hybridized carbons (Fsp3) is 0.250. The Bertz CT molecular complexity index is 995. The molecule has 0 aliphatic carbocycles. The zero-order valence-corrected chi connectivity index (χ0v) is 17.0. The predicted octanol–water partition coefficient (Wildman–Crippen LogP) is 3.36. The highest BCUT2D eigenvalue weighted by molar-refractivity contribution is 5.95. The summed E-state index contributed by atoms with van der Waals surface area (Å²) in [6, 6.07) is 19.6. The third-order valence-electron chi connectivity index (χ3n) is 5.11. The van der Waals surface area contributed by atoms with Gasteiger partial charge in [0.25, 0.3) is 5.91 Å². The SMILES string of the molecule is CC1(CNCc2ccccc2)COc2ccc(C(=O)NCc3ccncc3)cc2N1. The zero-order chi connectivity index (χ0) is 20.8. The van der Waals surface area contributed by atoms with Crippen LogP contribution < -0.4 is 20.7 Å². The summed E-state index contributed by atoms with van der Waals surface area (Å²) in [4.78, 5) is 16.6. The molecule has 2 heterocycles. The lowest BCUT2D eigenvalue weighted by molar-refractivity contribution is 0.0950. The van der Waals surface area contributed by atoms with Crippen LogP contribution in [0.5, 0.6) is 5.75 Å². The molecular weight excluding hydrogens is 376 g/mol. The van der Waals surface area contributed by atoms with Gasteiger partial charge in [-0.2, -0.15) is 0 Å². The largest absolute Gasteiger partial charge is 0.489 e. The van der Waals surface area contributed by atoms with Crippen LogP contribution in [0.2, 0.25) is 0 Å². The van der Waals surface area contributed by atoms with Gasteiger partial charge in [-0.25, -0.2) is 0 Å². The molecule has 0 saturated carbocycles. The van der Waals surface area contributed by atoms with E-state index < -0.39 is 0 Å². The average molecular weight is 402 g/mol. The molecule has 6 heteroatoms. The van der Waals surface area contributed by atoms with E-state index in [4.69, 9.17) is 4.74 Å². The number of hydrogen-bond acceptors (Lipinski definition) is 5. The van der Waals surface area contributed by atoms with Gasteiger partial charge >= 0.3 is 0 Å². The van der Waals surface area contributed by atoms with Gasteiger partial charge in [-0.05, 0) is 48.4 Å². The van der Waals surface area contributed by atoms with E-state index in [9.17, 15) is 4.79 Å². The number of hydrogen-bond donors (Lipinski definition) is 3. The number of rotatable bonds is 7. The molecule has 1 amide bonds. The predicted molar refractivity (Wildman–Crippen MR) is 118 cm³/mol.